The maximum absolute atomic E-state index is 14.0. The molecule has 3 aliphatic heterocycles. The van der Waals surface area contributed by atoms with Gasteiger partial charge in [-0.15, -0.1) is 0 Å². The van der Waals surface area contributed by atoms with Gasteiger partial charge in [0.1, 0.15) is 26.3 Å². The Morgan fingerprint density at radius 3 is 2.51 bits per heavy atom. The van der Waals surface area contributed by atoms with Crippen molar-refractivity contribution in [3.05, 3.63) is 53.1 Å². The lowest BCUT2D eigenvalue weighted by Gasteiger charge is -2.30. The zero-order valence-electron chi connectivity index (χ0n) is 23.7. The third-order valence-electron chi connectivity index (χ3n) is 7.58. The van der Waals surface area contributed by atoms with Gasteiger partial charge in [0, 0.05) is 5.57 Å². The second-order valence-electron chi connectivity index (χ2n) is 10.3. The molecule has 2 aromatic rings. The number of morpholine rings is 1. The van der Waals surface area contributed by atoms with Crippen LogP contribution >= 0.6 is 0 Å². The van der Waals surface area contributed by atoms with Crippen molar-refractivity contribution in [2.24, 2.45) is 0 Å². The minimum Gasteiger partial charge on any atom is -0.872 e. The molecule has 2 aromatic carbocycles. The lowest BCUT2D eigenvalue weighted by atomic mass is 9.94. The number of ether oxygens (including phenoxy) is 5. The number of benzene rings is 2. The zero-order chi connectivity index (χ0) is 28.8. The highest BCUT2D eigenvalue weighted by Crippen LogP contribution is 2.42. The van der Waals surface area contributed by atoms with Gasteiger partial charge in [-0.1, -0.05) is 31.2 Å². The van der Waals surface area contributed by atoms with Crippen LogP contribution in [0.3, 0.4) is 0 Å². The number of carbonyl (C=O) groups is 2. The summed E-state index contributed by atoms with van der Waals surface area (Å²) >= 11 is 0. The third kappa shape index (κ3) is 6.28. The molecule has 1 unspecified atom stereocenters. The number of hydrogen-bond donors (Lipinski definition) is 1. The Balaban J connectivity index is 1.55. The number of quaternary nitrogens is 1. The fourth-order valence-corrected chi connectivity index (χ4v) is 5.38. The molecular formula is C31H38N2O8. The molecule has 1 atom stereocenters. The monoisotopic (exact) mass is 566 g/mol. The number of unbranched alkanes of at least 4 members (excludes halogenated alkanes) is 1. The van der Waals surface area contributed by atoms with Gasteiger partial charge in [-0.3, -0.25) is 9.59 Å². The van der Waals surface area contributed by atoms with Gasteiger partial charge in [0.2, 0.25) is 5.78 Å². The van der Waals surface area contributed by atoms with Crippen LogP contribution in [0.25, 0.3) is 5.76 Å². The molecule has 41 heavy (non-hydrogen) atoms. The van der Waals surface area contributed by atoms with Gasteiger partial charge in [-0.2, -0.15) is 0 Å². The molecule has 3 aliphatic rings. The van der Waals surface area contributed by atoms with E-state index in [0.717, 1.165) is 25.9 Å². The first-order chi connectivity index (χ1) is 20.0. The van der Waals surface area contributed by atoms with Crippen LogP contribution in [0, 0.1) is 0 Å². The molecule has 0 bridgehead atoms. The molecule has 1 amide bonds. The predicted molar refractivity (Wildman–Crippen MR) is 148 cm³/mol. The average molecular weight is 567 g/mol. The smallest absolute Gasteiger partial charge is 0.295 e. The molecule has 2 fully saturated rings. The molecule has 10 nitrogen and oxygen atoms in total. The highest BCUT2D eigenvalue weighted by molar-refractivity contribution is 6.46. The summed E-state index contributed by atoms with van der Waals surface area (Å²) in [6, 6.07) is 9.37. The van der Waals surface area contributed by atoms with Crippen molar-refractivity contribution in [1.82, 2.24) is 4.90 Å². The minimum absolute atomic E-state index is 0.0780. The Kier molecular flexibility index (Phi) is 9.31. The number of ketones is 1. The summed E-state index contributed by atoms with van der Waals surface area (Å²) in [4.78, 5) is 29.8. The minimum atomic E-state index is -0.861. The normalized spacial score (nSPS) is 20.3. The zero-order valence-corrected chi connectivity index (χ0v) is 23.7. The average Bonchev–Trinajstić information content (AvgIpc) is 3.26. The number of rotatable bonds is 11. The maximum atomic E-state index is 14.0. The van der Waals surface area contributed by atoms with Gasteiger partial charge in [-0.05, 0) is 48.7 Å². The van der Waals surface area contributed by atoms with E-state index in [1.807, 2.05) is 13.0 Å². The Morgan fingerprint density at radius 1 is 0.976 bits per heavy atom. The lowest BCUT2D eigenvalue weighted by molar-refractivity contribution is -0.907. The Bertz CT molecular complexity index is 1290. The second kappa shape index (κ2) is 13.3. The van der Waals surface area contributed by atoms with E-state index in [0.29, 0.717) is 81.3 Å². The molecule has 0 aliphatic carbocycles. The number of amides is 1. The van der Waals surface area contributed by atoms with Crippen molar-refractivity contribution in [1.29, 1.82) is 0 Å². The summed E-state index contributed by atoms with van der Waals surface area (Å²) in [5.74, 6) is 0.112. The summed E-state index contributed by atoms with van der Waals surface area (Å²) in [5.41, 5.74) is 0.805. The van der Waals surface area contributed by atoms with E-state index in [1.54, 1.807) is 30.3 Å². The highest BCUT2D eigenvalue weighted by Gasteiger charge is 2.45. The van der Waals surface area contributed by atoms with E-state index in [9.17, 15) is 14.7 Å². The van der Waals surface area contributed by atoms with Crippen LogP contribution in [0.1, 0.15) is 43.9 Å². The molecule has 2 saturated heterocycles. The van der Waals surface area contributed by atoms with Crippen LogP contribution in [0.5, 0.6) is 23.0 Å². The van der Waals surface area contributed by atoms with Gasteiger partial charge in [0.15, 0.2) is 23.0 Å². The first kappa shape index (κ1) is 28.8. The largest absolute Gasteiger partial charge is 0.872 e. The van der Waals surface area contributed by atoms with Crippen LogP contribution in [0.2, 0.25) is 0 Å². The van der Waals surface area contributed by atoms with Crippen molar-refractivity contribution in [2.45, 2.75) is 32.7 Å². The third-order valence-corrected chi connectivity index (χ3v) is 7.58. The highest BCUT2D eigenvalue weighted by atomic mass is 16.6. The number of carbonyl (C=O) groups excluding carboxylic acids is 2. The van der Waals surface area contributed by atoms with Gasteiger partial charge >= 0.3 is 0 Å². The number of nitrogens with one attached hydrogen (secondary N) is 1. The summed E-state index contributed by atoms with van der Waals surface area (Å²) in [6.45, 7) is 9.64. The summed E-state index contributed by atoms with van der Waals surface area (Å²) in [5, 5.41) is 14.0. The maximum Gasteiger partial charge on any atom is 0.295 e. The fourth-order valence-electron chi connectivity index (χ4n) is 5.38. The van der Waals surface area contributed by atoms with Crippen LogP contribution in [0.4, 0.5) is 0 Å². The summed E-state index contributed by atoms with van der Waals surface area (Å²) in [7, 11) is 0. The standard InChI is InChI=1S/C31H38N2O8/c1-3-5-14-39-23-8-6-21(19-25(23)38-4-2)28-27(29(34)22-7-9-24-26(20-22)41-18-17-40-24)30(35)31(36)33(28)11-10-32-12-15-37-16-13-32/h6-9,19-20,28,34H,3-5,10-18H2,1-2H3/b29-27+. The van der Waals surface area contributed by atoms with E-state index in [-0.39, 0.29) is 11.1 Å². The van der Waals surface area contributed by atoms with Crippen LogP contribution in [0.15, 0.2) is 42.0 Å². The van der Waals surface area contributed by atoms with E-state index < -0.39 is 23.5 Å². The van der Waals surface area contributed by atoms with Gasteiger partial charge in [0.05, 0.1) is 45.6 Å². The van der Waals surface area contributed by atoms with E-state index in [1.165, 1.54) is 9.80 Å². The number of fused-ring (bicyclic) bond motifs is 1. The molecule has 3 heterocycles. The van der Waals surface area contributed by atoms with Crippen molar-refractivity contribution in [3.8, 4) is 23.0 Å². The van der Waals surface area contributed by atoms with Crippen molar-refractivity contribution >= 4 is 17.4 Å². The number of likely N-dealkylation sites (tertiary alicyclic amines) is 1. The van der Waals surface area contributed by atoms with Gasteiger partial charge < -0.3 is 38.6 Å². The quantitative estimate of drug-likeness (QED) is 0.187. The molecule has 5 rings (SSSR count). The van der Waals surface area contributed by atoms with Crippen molar-refractivity contribution in [3.63, 3.8) is 0 Å². The van der Waals surface area contributed by atoms with Crippen LogP contribution in [-0.2, 0) is 14.3 Å². The first-order valence-electron chi connectivity index (χ1n) is 14.5. The van der Waals surface area contributed by atoms with E-state index in [4.69, 9.17) is 23.7 Å². The van der Waals surface area contributed by atoms with Crippen LogP contribution < -0.4 is 29.0 Å². The molecule has 0 aromatic heterocycles. The fraction of sp³-hybridized carbons (Fsp3) is 0.484. The summed E-state index contributed by atoms with van der Waals surface area (Å²) in [6.07, 6.45) is 1.90. The molecule has 1 N–H and O–H groups in total. The van der Waals surface area contributed by atoms with Crippen molar-refractivity contribution < 1.29 is 43.3 Å². The molecular weight excluding hydrogens is 528 g/mol. The predicted octanol–water partition coefficient (Wildman–Crippen LogP) is 1.17. The number of hydrogen-bond acceptors (Lipinski definition) is 8. The molecule has 0 saturated carbocycles. The van der Waals surface area contributed by atoms with Crippen molar-refractivity contribution in [2.75, 3.05) is 65.8 Å². The lowest BCUT2D eigenvalue weighted by Crippen LogP contribution is -3.14. The Labute approximate surface area is 240 Å². The molecule has 0 spiro atoms. The molecule has 10 heteroatoms. The molecule has 220 valence electrons. The first-order valence-corrected chi connectivity index (χ1v) is 14.5. The second-order valence-corrected chi connectivity index (χ2v) is 10.3. The van der Waals surface area contributed by atoms with Gasteiger partial charge in [-0.25, -0.2) is 0 Å². The SMILES string of the molecule is CCCCOc1ccc(C2/C(=C(\[O-])c3ccc4c(c3)OCCO4)C(=O)C(=O)N2CC[NH+]2CCOCC2)cc1OCC. The number of Topliss-reactive ketones (excluding diaryl/α,β-unsaturated/α-hetero) is 1. The Morgan fingerprint density at radius 2 is 1.76 bits per heavy atom. The number of nitrogens with zero attached hydrogens (tertiary/aromatic N) is 1. The van der Waals surface area contributed by atoms with E-state index >= 15 is 0 Å². The topological polar surface area (TPSA) is 111 Å². The van der Waals surface area contributed by atoms with E-state index in [2.05, 4.69) is 6.92 Å². The van der Waals surface area contributed by atoms with Crippen LogP contribution in [-0.4, -0.2) is 82.4 Å². The van der Waals surface area contributed by atoms with Gasteiger partial charge in [0.25, 0.3) is 5.91 Å². The molecule has 0 radical (unpaired) electrons. The Hall–Kier alpha value is -3.76. The summed E-state index contributed by atoms with van der Waals surface area (Å²) < 4.78 is 28.6.